The Morgan fingerprint density at radius 1 is 1.16 bits per heavy atom. The molecule has 0 aliphatic carbocycles. The van der Waals surface area contributed by atoms with Crippen molar-refractivity contribution >= 4 is 28.4 Å². The number of H-pyrrole nitrogens is 1. The minimum Gasteiger partial charge on any atom is -0.483 e. The molecule has 2 aromatic heterocycles. The van der Waals surface area contributed by atoms with Gasteiger partial charge in [-0.1, -0.05) is 17.7 Å². The van der Waals surface area contributed by atoms with E-state index in [-0.39, 0.29) is 6.61 Å². The first-order valence-corrected chi connectivity index (χ1v) is 9.79. The third kappa shape index (κ3) is 5.37. The average molecular weight is 440 g/mol. The van der Waals surface area contributed by atoms with Crippen molar-refractivity contribution in [1.29, 1.82) is 0 Å². The summed E-state index contributed by atoms with van der Waals surface area (Å²) < 4.78 is 30.4. The summed E-state index contributed by atoms with van der Waals surface area (Å²) in [7, 11) is 1.90. The Kier molecular flexibility index (Phi) is 6.83. The van der Waals surface area contributed by atoms with E-state index >= 15 is 0 Å². The van der Waals surface area contributed by atoms with E-state index in [4.69, 9.17) is 23.6 Å². The molecule has 0 aliphatic heterocycles. The molecule has 0 aliphatic rings. The van der Waals surface area contributed by atoms with Gasteiger partial charge in [0.25, 0.3) is 5.91 Å². The van der Waals surface area contributed by atoms with Crippen LogP contribution in [0.5, 0.6) is 17.2 Å². The number of aryl methyl sites for hydroxylation is 2. The van der Waals surface area contributed by atoms with Gasteiger partial charge in [0.15, 0.2) is 0 Å². The van der Waals surface area contributed by atoms with Gasteiger partial charge in [-0.2, -0.15) is 8.42 Å². The van der Waals surface area contributed by atoms with E-state index in [9.17, 15) is 4.79 Å². The zero-order valence-corrected chi connectivity index (χ0v) is 17.6. The molecule has 9 nitrogen and oxygen atoms in total. The van der Waals surface area contributed by atoms with Crippen molar-refractivity contribution in [3.05, 3.63) is 71.9 Å². The van der Waals surface area contributed by atoms with Crippen LogP contribution in [-0.2, 0) is 25.2 Å². The van der Waals surface area contributed by atoms with Crippen molar-refractivity contribution in [2.75, 3.05) is 0 Å². The largest absolute Gasteiger partial charge is 0.483 e. The van der Waals surface area contributed by atoms with Gasteiger partial charge < -0.3 is 24.8 Å². The molecule has 0 fully saturated rings. The molecule has 0 saturated heterocycles. The number of carbonyl (C=O) groups excluding carboxylic acids is 1. The fourth-order valence-corrected chi connectivity index (χ4v) is 2.91. The highest BCUT2D eigenvalue weighted by molar-refractivity contribution is 7.51. The summed E-state index contributed by atoms with van der Waals surface area (Å²) in [5, 5.41) is 0.772. The van der Waals surface area contributed by atoms with Crippen molar-refractivity contribution in [1.82, 2.24) is 14.5 Å². The summed E-state index contributed by atoms with van der Waals surface area (Å²) in [5.41, 5.74) is 7.56. The lowest BCUT2D eigenvalue weighted by atomic mass is 10.2. The summed E-state index contributed by atoms with van der Waals surface area (Å²) in [6.45, 7) is 2.29. The standard InChI is InChI=1S/C21H20N4O3.O2S/c1-13-3-5-15(6-4-13)28-16-9-14-10-17(21(22)26)24-20(14)18(11-16)27-12-19-23-7-8-25(19)2;1-3-2/h3-11,24H,12H2,1-2H3,(H2,22,26);. The van der Waals surface area contributed by atoms with Crippen LogP contribution < -0.4 is 15.2 Å². The molecule has 2 aromatic carbocycles. The van der Waals surface area contributed by atoms with Crippen LogP contribution in [0.15, 0.2) is 54.9 Å². The SMILES string of the molecule is Cc1ccc(Oc2cc(OCc3nccn3C)c3[nH]c(C(N)=O)cc3c2)cc1.O=S=O. The Morgan fingerprint density at radius 3 is 2.48 bits per heavy atom. The van der Waals surface area contributed by atoms with Crippen LogP contribution in [0.2, 0.25) is 0 Å². The van der Waals surface area contributed by atoms with Gasteiger partial charge in [-0.25, -0.2) is 4.98 Å². The quantitative estimate of drug-likeness (QED) is 0.474. The second-order valence-electron chi connectivity index (χ2n) is 6.66. The van der Waals surface area contributed by atoms with Crippen molar-refractivity contribution in [2.45, 2.75) is 13.5 Å². The Morgan fingerprint density at radius 2 is 1.87 bits per heavy atom. The number of nitrogens with zero attached hydrogens (tertiary/aromatic N) is 2. The number of nitrogens with two attached hydrogens (primary N) is 1. The first-order chi connectivity index (χ1) is 14.9. The lowest BCUT2D eigenvalue weighted by Crippen LogP contribution is -2.10. The summed E-state index contributed by atoms with van der Waals surface area (Å²) in [6.07, 6.45) is 3.57. The minimum atomic E-state index is -0.750. The first-order valence-electron chi connectivity index (χ1n) is 9.13. The highest BCUT2D eigenvalue weighted by atomic mass is 32.1. The molecule has 0 atom stereocenters. The molecular weight excluding hydrogens is 420 g/mol. The smallest absolute Gasteiger partial charge is 0.335 e. The van der Waals surface area contributed by atoms with E-state index in [2.05, 4.69) is 9.97 Å². The number of ether oxygens (including phenoxy) is 2. The Balaban J connectivity index is 0.000000858. The summed E-state index contributed by atoms with van der Waals surface area (Å²) in [5.74, 6) is 2.11. The van der Waals surface area contributed by atoms with Gasteiger partial charge in [-0.05, 0) is 31.2 Å². The highest BCUT2D eigenvalue weighted by Gasteiger charge is 2.14. The van der Waals surface area contributed by atoms with Gasteiger partial charge in [0.2, 0.25) is 0 Å². The topological polar surface area (TPSA) is 129 Å². The number of primary amides is 1. The van der Waals surface area contributed by atoms with E-state index < -0.39 is 17.5 Å². The number of benzene rings is 2. The van der Waals surface area contributed by atoms with Crippen LogP contribution in [0.1, 0.15) is 21.9 Å². The highest BCUT2D eigenvalue weighted by Crippen LogP contribution is 2.34. The monoisotopic (exact) mass is 440 g/mol. The van der Waals surface area contributed by atoms with Gasteiger partial charge in [0.05, 0.1) is 5.52 Å². The third-order valence-corrected chi connectivity index (χ3v) is 4.47. The molecule has 0 unspecified atom stereocenters. The second-order valence-corrected chi connectivity index (χ2v) is 6.80. The molecule has 160 valence electrons. The van der Waals surface area contributed by atoms with E-state index in [1.807, 2.05) is 55.1 Å². The number of hydrogen-bond donors (Lipinski definition) is 2. The predicted octanol–water partition coefficient (Wildman–Crippen LogP) is 3.01. The number of carbonyl (C=O) groups is 1. The first kappa shape index (κ1) is 21.8. The normalized spacial score (nSPS) is 10.3. The molecule has 0 radical (unpaired) electrons. The van der Waals surface area contributed by atoms with E-state index in [1.54, 1.807) is 18.3 Å². The number of aromatic amines is 1. The molecule has 31 heavy (non-hydrogen) atoms. The van der Waals surface area contributed by atoms with Gasteiger partial charge in [-0.15, -0.1) is 0 Å². The van der Waals surface area contributed by atoms with Crippen molar-refractivity contribution < 1.29 is 22.7 Å². The molecule has 0 saturated carbocycles. The molecule has 1 amide bonds. The minimum absolute atomic E-state index is 0.275. The molecule has 0 spiro atoms. The zero-order valence-electron chi connectivity index (χ0n) is 16.8. The number of fused-ring (bicyclic) bond motifs is 1. The van der Waals surface area contributed by atoms with E-state index in [1.165, 1.54) is 0 Å². The lowest BCUT2D eigenvalue weighted by Gasteiger charge is -2.11. The van der Waals surface area contributed by atoms with Crippen LogP contribution in [0, 0.1) is 6.92 Å². The van der Waals surface area contributed by atoms with Gasteiger partial charge in [0, 0.05) is 30.9 Å². The molecule has 2 heterocycles. The molecule has 3 N–H and O–H groups in total. The predicted molar refractivity (Wildman–Crippen MR) is 115 cm³/mol. The van der Waals surface area contributed by atoms with Gasteiger partial charge >= 0.3 is 11.6 Å². The Labute approximate surface area is 181 Å². The number of aromatic nitrogens is 3. The Bertz CT molecular complexity index is 1240. The fraction of sp³-hybridized carbons (Fsp3) is 0.143. The molecule has 10 heteroatoms. The number of imidazole rings is 1. The molecular formula is C21H20N4O5S. The number of rotatable bonds is 6. The van der Waals surface area contributed by atoms with E-state index in [0.29, 0.717) is 28.5 Å². The van der Waals surface area contributed by atoms with Gasteiger partial charge in [-0.3, -0.25) is 4.79 Å². The maximum Gasteiger partial charge on any atom is 0.335 e. The van der Waals surface area contributed by atoms with Crippen LogP contribution >= 0.6 is 0 Å². The van der Waals surface area contributed by atoms with Crippen LogP contribution in [0.25, 0.3) is 10.9 Å². The van der Waals surface area contributed by atoms with E-state index in [0.717, 1.165) is 16.8 Å². The zero-order chi connectivity index (χ0) is 22.4. The van der Waals surface area contributed by atoms with Crippen LogP contribution in [0.4, 0.5) is 0 Å². The molecule has 4 rings (SSSR count). The fourth-order valence-electron chi connectivity index (χ4n) is 2.91. The maximum atomic E-state index is 11.6. The summed E-state index contributed by atoms with van der Waals surface area (Å²) in [6, 6.07) is 13.1. The number of amides is 1. The second kappa shape index (κ2) is 9.72. The van der Waals surface area contributed by atoms with Crippen molar-refractivity contribution in [3.8, 4) is 17.2 Å². The third-order valence-electron chi connectivity index (χ3n) is 4.47. The van der Waals surface area contributed by atoms with Crippen molar-refractivity contribution in [2.24, 2.45) is 12.8 Å². The summed E-state index contributed by atoms with van der Waals surface area (Å²) in [4.78, 5) is 18.9. The van der Waals surface area contributed by atoms with Gasteiger partial charge in [0.1, 0.15) is 35.4 Å². The van der Waals surface area contributed by atoms with Crippen LogP contribution in [-0.4, -0.2) is 28.9 Å². The van der Waals surface area contributed by atoms with Crippen molar-refractivity contribution in [3.63, 3.8) is 0 Å². The maximum absolute atomic E-state index is 11.6. The number of nitrogens with one attached hydrogen (secondary N) is 1. The summed E-state index contributed by atoms with van der Waals surface area (Å²) >= 11 is -0.750. The number of hydrogen-bond acceptors (Lipinski definition) is 6. The average Bonchev–Trinajstić information content (AvgIpc) is 3.35. The Hall–Kier alpha value is -3.92. The van der Waals surface area contributed by atoms with Crippen LogP contribution in [0.3, 0.4) is 0 Å². The lowest BCUT2D eigenvalue weighted by molar-refractivity contribution is 0.0996. The molecule has 4 aromatic rings. The molecule has 0 bridgehead atoms.